The van der Waals surface area contributed by atoms with Crippen LogP contribution in [0, 0.1) is 0 Å². The van der Waals surface area contributed by atoms with Gasteiger partial charge in [-0.15, -0.1) is 5.10 Å². The first-order valence-corrected chi connectivity index (χ1v) is 8.69. The lowest BCUT2D eigenvalue weighted by molar-refractivity contribution is 0.549. The van der Waals surface area contributed by atoms with Crippen LogP contribution in [0.15, 0.2) is 61.2 Å². The fourth-order valence-corrected chi connectivity index (χ4v) is 3.06. The molecule has 0 fully saturated rings. The normalized spacial score (nSPS) is 12.5. The SMILES string of the molecule is CNC(Cc1ccccc1)Cc1cn(Cc2cn3cccnc3n2)nn1. The molecule has 26 heavy (non-hydrogen) atoms. The topological polar surface area (TPSA) is 72.9 Å². The molecule has 0 saturated carbocycles. The molecule has 7 heteroatoms. The molecule has 4 aromatic rings. The van der Waals surface area contributed by atoms with Crippen LogP contribution in [0.1, 0.15) is 17.0 Å². The highest BCUT2D eigenvalue weighted by atomic mass is 15.4. The zero-order valence-corrected chi connectivity index (χ0v) is 14.7. The van der Waals surface area contributed by atoms with E-state index < -0.39 is 0 Å². The van der Waals surface area contributed by atoms with E-state index in [1.807, 2.05) is 46.9 Å². The van der Waals surface area contributed by atoms with Crippen LogP contribution >= 0.6 is 0 Å². The standard InChI is InChI=1S/C19H21N7/c1-20-16(10-15-6-3-2-4-7-15)11-17-13-26(24-23-17)14-18-12-25-9-5-8-21-19(25)22-18/h2-9,12-13,16,20H,10-11,14H2,1H3. The molecule has 1 atom stereocenters. The third kappa shape index (κ3) is 3.78. The molecule has 0 saturated heterocycles. The fourth-order valence-electron chi connectivity index (χ4n) is 3.06. The minimum Gasteiger partial charge on any atom is -0.316 e. The molecule has 0 amide bonds. The van der Waals surface area contributed by atoms with Crippen molar-refractivity contribution in [3.8, 4) is 0 Å². The summed E-state index contributed by atoms with van der Waals surface area (Å²) in [5.41, 5.74) is 3.20. The van der Waals surface area contributed by atoms with Gasteiger partial charge in [-0.1, -0.05) is 35.5 Å². The van der Waals surface area contributed by atoms with E-state index in [0.717, 1.165) is 24.2 Å². The Morgan fingerprint density at radius 3 is 2.73 bits per heavy atom. The van der Waals surface area contributed by atoms with Gasteiger partial charge < -0.3 is 5.32 Å². The summed E-state index contributed by atoms with van der Waals surface area (Å²) in [6.07, 6.45) is 9.43. The zero-order chi connectivity index (χ0) is 17.8. The molecule has 3 aromatic heterocycles. The highest BCUT2D eigenvalue weighted by Crippen LogP contribution is 2.09. The first-order chi connectivity index (χ1) is 12.8. The van der Waals surface area contributed by atoms with Crippen molar-refractivity contribution in [1.82, 2.24) is 34.7 Å². The van der Waals surface area contributed by atoms with Crippen LogP contribution in [0.4, 0.5) is 0 Å². The number of aromatic nitrogens is 6. The monoisotopic (exact) mass is 347 g/mol. The number of nitrogens with one attached hydrogen (secondary N) is 1. The van der Waals surface area contributed by atoms with Gasteiger partial charge in [0.1, 0.15) is 0 Å². The Labute approximate surface area is 151 Å². The quantitative estimate of drug-likeness (QED) is 0.551. The van der Waals surface area contributed by atoms with E-state index in [0.29, 0.717) is 18.4 Å². The third-order valence-electron chi connectivity index (χ3n) is 4.38. The summed E-state index contributed by atoms with van der Waals surface area (Å²) >= 11 is 0. The summed E-state index contributed by atoms with van der Waals surface area (Å²) in [4.78, 5) is 8.74. The van der Waals surface area contributed by atoms with Gasteiger partial charge in [0.15, 0.2) is 0 Å². The minimum atomic E-state index is 0.321. The Kier molecular flexibility index (Phi) is 4.70. The lowest BCUT2D eigenvalue weighted by atomic mass is 10.0. The molecule has 0 aliphatic carbocycles. The molecule has 4 rings (SSSR count). The maximum absolute atomic E-state index is 4.50. The third-order valence-corrected chi connectivity index (χ3v) is 4.38. The number of imidazole rings is 1. The van der Waals surface area contributed by atoms with Gasteiger partial charge in [-0.05, 0) is 25.1 Å². The maximum Gasteiger partial charge on any atom is 0.233 e. The van der Waals surface area contributed by atoms with E-state index in [2.05, 4.69) is 49.9 Å². The van der Waals surface area contributed by atoms with Crippen LogP contribution in [0.5, 0.6) is 0 Å². The number of fused-ring (bicyclic) bond motifs is 1. The number of hydrogen-bond acceptors (Lipinski definition) is 5. The van der Waals surface area contributed by atoms with Crippen molar-refractivity contribution in [2.24, 2.45) is 0 Å². The number of benzene rings is 1. The van der Waals surface area contributed by atoms with Gasteiger partial charge in [-0.3, -0.25) is 4.40 Å². The van der Waals surface area contributed by atoms with Crippen molar-refractivity contribution in [2.75, 3.05) is 7.05 Å². The molecule has 0 aliphatic heterocycles. The highest BCUT2D eigenvalue weighted by Gasteiger charge is 2.12. The molecule has 0 bridgehead atoms. The molecule has 132 valence electrons. The second-order valence-corrected chi connectivity index (χ2v) is 6.35. The van der Waals surface area contributed by atoms with Crippen molar-refractivity contribution in [2.45, 2.75) is 25.4 Å². The van der Waals surface area contributed by atoms with E-state index in [9.17, 15) is 0 Å². The first kappa shape index (κ1) is 16.4. The molecule has 1 N–H and O–H groups in total. The average Bonchev–Trinajstić information content (AvgIpc) is 3.28. The van der Waals surface area contributed by atoms with Gasteiger partial charge in [0.25, 0.3) is 0 Å². The van der Waals surface area contributed by atoms with Gasteiger partial charge in [-0.2, -0.15) is 0 Å². The largest absolute Gasteiger partial charge is 0.316 e. The van der Waals surface area contributed by atoms with E-state index in [1.165, 1.54) is 5.56 Å². The highest BCUT2D eigenvalue weighted by molar-refractivity contribution is 5.29. The van der Waals surface area contributed by atoms with Gasteiger partial charge >= 0.3 is 0 Å². The molecular weight excluding hydrogens is 326 g/mol. The summed E-state index contributed by atoms with van der Waals surface area (Å²) in [7, 11) is 1.99. The Bertz CT molecular complexity index is 941. The van der Waals surface area contributed by atoms with Crippen molar-refractivity contribution in [3.63, 3.8) is 0 Å². The first-order valence-electron chi connectivity index (χ1n) is 8.69. The van der Waals surface area contributed by atoms with Gasteiger partial charge in [0.2, 0.25) is 5.78 Å². The second kappa shape index (κ2) is 7.45. The Morgan fingerprint density at radius 1 is 1.04 bits per heavy atom. The molecule has 3 heterocycles. The second-order valence-electron chi connectivity index (χ2n) is 6.35. The molecular formula is C19H21N7. The number of hydrogen-bond donors (Lipinski definition) is 1. The van der Waals surface area contributed by atoms with E-state index >= 15 is 0 Å². The smallest absolute Gasteiger partial charge is 0.233 e. The van der Waals surface area contributed by atoms with Crippen molar-refractivity contribution in [3.05, 3.63) is 78.1 Å². The molecule has 1 aromatic carbocycles. The Balaban J connectivity index is 1.42. The maximum atomic E-state index is 4.50. The van der Waals surface area contributed by atoms with Crippen LogP contribution in [-0.2, 0) is 19.4 Å². The zero-order valence-electron chi connectivity index (χ0n) is 14.7. The number of likely N-dealkylation sites (N-methyl/N-ethyl adjacent to an activating group) is 1. The summed E-state index contributed by atoms with van der Waals surface area (Å²) in [5, 5.41) is 11.9. The predicted molar refractivity (Wildman–Crippen MR) is 98.8 cm³/mol. The Hall–Kier alpha value is -3.06. The van der Waals surface area contributed by atoms with Crippen molar-refractivity contribution < 1.29 is 0 Å². The van der Waals surface area contributed by atoms with Crippen molar-refractivity contribution in [1.29, 1.82) is 0 Å². The van der Waals surface area contributed by atoms with Gasteiger partial charge in [0.05, 0.1) is 17.9 Å². The number of nitrogens with zero attached hydrogens (tertiary/aromatic N) is 6. The average molecular weight is 347 g/mol. The van der Waals surface area contributed by atoms with Gasteiger partial charge in [-0.25, -0.2) is 14.6 Å². The summed E-state index contributed by atoms with van der Waals surface area (Å²) < 4.78 is 3.73. The lowest BCUT2D eigenvalue weighted by Gasteiger charge is -2.14. The summed E-state index contributed by atoms with van der Waals surface area (Å²) in [6.45, 7) is 0.583. The summed E-state index contributed by atoms with van der Waals surface area (Å²) in [5.74, 6) is 0.695. The van der Waals surface area contributed by atoms with Crippen LogP contribution in [0.3, 0.4) is 0 Å². The molecule has 1 unspecified atom stereocenters. The van der Waals surface area contributed by atoms with Gasteiger partial charge in [0, 0.05) is 37.3 Å². The van der Waals surface area contributed by atoms with E-state index in [1.54, 1.807) is 6.20 Å². The molecule has 0 radical (unpaired) electrons. The lowest BCUT2D eigenvalue weighted by Crippen LogP contribution is -2.30. The van der Waals surface area contributed by atoms with Crippen LogP contribution in [0.25, 0.3) is 5.78 Å². The van der Waals surface area contributed by atoms with Crippen LogP contribution < -0.4 is 5.32 Å². The molecule has 7 nitrogen and oxygen atoms in total. The minimum absolute atomic E-state index is 0.321. The predicted octanol–water partition coefficient (Wildman–Crippen LogP) is 1.74. The Morgan fingerprint density at radius 2 is 1.92 bits per heavy atom. The van der Waals surface area contributed by atoms with Crippen LogP contribution in [-0.4, -0.2) is 42.5 Å². The van der Waals surface area contributed by atoms with E-state index in [-0.39, 0.29) is 0 Å². The van der Waals surface area contributed by atoms with E-state index in [4.69, 9.17) is 0 Å². The van der Waals surface area contributed by atoms with Crippen LogP contribution in [0.2, 0.25) is 0 Å². The molecule has 0 spiro atoms. The molecule has 0 aliphatic rings. The number of rotatable bonds is 7. The summed E-state index contributed by atoms with van der Waals surface area (Å²) in [6, 6.07) is 12.7. The van der Waals surface area contributed by atoms with Crippen molar-refractivity contribution >= 4 is 5.78 Å². The fraction of sp³-hybridized carbons (Fsp3) is 0.263.